The molecule has 0 fully saturated rings. The van der Waals surface area contributed by atoms with Crippen LogP contribution in [0.3, 0.4) is 0 Å². The third-order valence-corrected chi connectivity index (χ3v) is 4.55. The lowest BCUT2D eigenvalue weighted by molar-refractivity contribution is 0.619. The third kappa shape index (κ3) is 3.50. The van der Waals surface area contributed by atoms with Gasteiger partial charge in [0.25, 0.3) is 0 Å². The number of aromatic nitrogens is 2. The summed E-state index contributed by atoms with van der Waals surface area (Å²) >= 11 is 6.23. The molecule has 4 rings (SSSR count). The van der Waals surface area contributed by atoms with Gasteiger partial charge in [-0.2, -0.15) is 5.10 Å². The molecule has 0 N–H and O–H groups in total. The second-order valence-corrected chi connectivity index (χ2v) is 6.77. The van der Waals surface area contributed by atoms with E-state index in [1.54, 1.807) is 23.0 Å². The number of aliphatic imine (C=N–C) groups is 1. The molecule has 1 aliphatic rings. The van der Waals surface area contributed by atoms with Gasteiger partial charge in [-0.1, -0.05) is 0 Å². The molecule has 7 heteroatoms. The summed E-state index contributed by atoms with van der Waals surface area (Å²) in [6, 6.07) is 6.41. The van der Waals surface area contributed by atoms with E-state index in [0.29, 0.717) is 21.0 Å². The number of benzene rings is 2. The number of hydrogen-bond donors (Lipinski definition) is 0. The van der Waals surface area contributed by atoms with Gasteiger partial charge in [0.1, 0.15) is 11.6 Å². The first kappa shape index (κ1) is 16.3. The van der Waals surface area contributed by atoms with Crippen molar-refractivity contribution in [2.45, 2.75) is 6.54 Å². The zero-order valence-corrected chi connectivity index (χ0v) is 15.2. The Morgan fingerprint density at radius 1 is 1.04 bits per heavy atom. The second-order valence-electron chi connectivity index (χ2n) is 5.06. The number of hydrogen-bond acceptors (Lipinski definition) is 2. The fourth-order valence-corrected chi connectivity index (χ4v) is 2.97. The SMILES string of the molecule is Cn1cc2cc(Br)c(F)cc2n1.Fc1cc2c(cc1Br)C=NC2. The minimum Gasteiger partial charge on any atom is -0.288 e. The zero-order valence-electron chi connectivity index (χ0n) is 12.0. The Morgan fingerprint density at radius 3 is 2.52 bits per heavy atom. The molecular formula is C16H11Br2F2N3. The van der Waals surface area contributed by atoms with Gasteiger partial charge >= 0.3 is 0 Å². The van der Waals surface area contributed by atoms with Crippen LogP contribution < -0.4 is 0 Å². The second kappa shape index (κ2) is 6.49. The van der Waals surface area contributed by atoms with Gasteiger partial charge in [-0.3, -0.25) is 9.67 Å². The van der Waals surface area contributed by atoms with E-state index < -0.39 is 0 Å². The van der Waals surface area contributed by atoms with E-state index in [2.05, 4.69) is 42.0 Å². The molecule has 0 atom stereocenters. The quantitative estimate of drug-likeness (QED) is 0.482. The summed E-state index contributed by atoms with van der Waals surface area (Å²) in [6.07, 6.45) is 3.61. The molecule has 2 heterocycles. The van der Waals surface area contributed by atoms with Crippen molar-refractivity contribution in [3.05, 3.63) is 62.2 Å². The van der Waals surface area contributed by atoms with Crippen molar-refractivity contribution in [1.29, 1.82) is 0 Å². The van der Waals surface area contributed by atoms with E-state index in [1.807, 2.05) is 13.2 Å². The van der Waals surface area contributed by atoms with Crippen LogP contribution in [0.15, 0.2) is 44.4 Å². The van der Waals surface area contributed by atoms with Crippen molar-refractivity contribution >= 4 is 49.0 Å². The Labute approximate surface area is 148 Å². The average Bonchev–Trinajstić information content (AvgIpc) is 3.06. The maximum atomic E-state index is 13.0. The lowest BCUT2D eigenvalue weighted by Gasteiger charge is -1.98. The predicted octanol–water partition coefficient (Wildman–Crippen LogP) is 5.00. The van der Waals surface area contributed by atoms with Crippen LogP contribution in [-0.4, -0.2) is 16.0 Å². The standard InChI is InChI=1S/C8H6BrFN2.C8H5BrFN/c1-12-4-5-2-6(9)7(10)3-8(5)11-12;9-7-1-5-3-11-4-6(5)2-8(7)10/h2-4H,1H3;1-3H,4H2. The maximum Gasteiger partial charge on any atom is 0.139 e. The highest BCUT2D eigenvalue weighted by molar-refractivity contribution is 9.10. The van der Waals surface area contributed by atoms with Gasteiger partial charge in [-0.15, -0.1) is 0 Å². The Kier molecular flexibility index (Phi) is 4.59. The largest absolute Gasteiger partial charge is 0.288 e. The molecule has 2 aromatic carbocycles. The van der Waals surface area contributed by atoms with E-state index >= 15 is 0 Å². The number of halogens is 4. The highest BCUT2D eigenvalue weighted by Crippen LogP contribution is 2.23. The number of nitrogens with zero attached hydrogens (tertiary/aromatic N) is 3. The number of rotatable bonds is 0. The van der Waals surface area contributed by atoms with Gasteiger partial charge in [0.2, 0.25) is 0 Å². The first-order chi connectivity index (χ1) is 10.9. The minimum absolute atomic E-state index is 0.214. The van der Waals surface area contributed by atoms with E-state index in [1.165, 1.54) is 12.1 Å². The van der Waals surface area contributed by atoms with Crippen LogP contribution in [0, 0.1) is 11.6 Å². The van der Waals surface area contributed by atoms with Crippen LogP contribution in [-0.2, 0) is 13.6 Å². The smallest absolute Gasteiger partial charge is 0.139 e. The van der Waals surface area contributed by atoms with E-state index in [0.717, 1.165) is 16.5 Å². The number of aryl methyl sites for hydroxylation is 1. The zero-order chi connectivity index (χ0) is 16.6. The molecule has 1 aromatic heterocycles. The molecule has 0 bridgehead atoms. The molecule has 0 saturated carbocycles. The molecule has 0 spiro atoms. The summed E-state index contributed by atoms with van der Waals surface area (Å²) in [4.78, 5) is 4.02. The first-order valence-electron chi connectivity index (χ1n) is 6.70. The molecule has 0 unspecified atom stereocenters. The Balaban J connectivity index is 0.000000136. The minimum atomic E-state index is -0.277. The van der Waals surface area contributed by atoms with Crippen molar-refractivity contribution in [2.24, 2.45) is 12.0 Å². The molecule has 1 aliphatic heterocycles. The van der Waals surface area contributed by atoms with Crippen LogP contribution >= 0.6 is 31.9 Å². The van der Waals surface area contributed by atoms with E-state index in [9.17, 15) is 8.78 Å². The first-order valence-corrected chi connectivity index (χ1v) is 8.29. The van der Waals surface area contributed by atoms with Gasteiger partial charge in [0.05, 0.1) is 21.0 Å². The van der Waals surface area contributed by atoms with Gasteiger partial charge in [-0.05, 0) is 61.2 Å². The van der Waals surface area contributed by atoms with E-state index in [-0.39, 0.29) is 11.6 Å². The summed E-state index contributed by atoms with van der Waals surface area (Å²) in [5.74, 6) is -0.490. The predicted molar refractivity (Wildman–Crippen MR) is 93.8 cm³/mol. The Bertz CT molecular complexity index is 880. The summed E-state index contributed by atoms with van der Waals surface area (Å²) < 4.78 is 28.5. The number of fused-ring (bicyclic) bond motifs is 2. The Morgan fingerprint density at radius 2 is 1.74 bits per heavy atom. The molecular weight excluding hydrogens is 432 g/mol. The third-order valence-electron chi connectivity index (χ3n) is 3.34. The van der Waals surface area contributed by atoms with Crippen LogP contribution in [0.2, 0.25) is 0 Å². The summed E-state index contributed by atoms with van der Waals surface area (Å²) in [5.41, 5.74) is 2.65. The lowest BCUT2D eigenvalue weighted by Crippen LogP contribution is -1.87. The van der Waals surface area contributed by atoms with Crippen molar-refractivity contribution in [3.63, 3.8) is 0 Å². The summed E-state index contributed by atoms with van der Waals surface area (Å²) in [7, 11) is 1.81. The lowest BCUT2D eigenvalue weighted by atomic mass is 10.1. The fraction of sp³-hybridized carbons (Fsp3) is 0.125. The highest BCUT2D eigenvalue weighted by Gasteiger charge is 2.09. The van der Waals surface area contributed by atoms with Crippen LogP contribution in [0.1, 0.15) is 11.1 Å². The van der Waals surface area contributed by atoms with Crippen molar-refractivity contribution in [3.8, 4) is 0 Å². The summed E-state index contributed by atoms with van der Waals surface area (Å²) in [6.45, 7) is 0.611. The van der Waals surface area contributed by atoms with Gasteiger partial charge in [-0.25, -0.2) is 8.78 Å². The molecule has 0 aliphatic carbocycles. The Hall–Kier alpha value is -1.60. The topological polar surface area (TPSA) is 30.2 Å². The van der Waals surface area contributed by atoms with E-state index in [4.69, 9.17) is 0 Å². The average molecular weight is 443 g/mol. The van der Waals surface area contributed by atoms with Gasteiger partial charge < -0.3 is 0 Å². The van der Waals surface area contributed by atoms with Gasteiger partial charge in [0, 0.05) is 30.9 Å². The van der Waals surface area contributed by atoms with Crippen LogP contribution in [0.5, 0.6) is 0 Å². The monoisotopic (exact) mass is 441 g/mol. The molecule has 0 radical (unpaired) electrons. The molecule has 0 amide bonds. The van der Waals surface area contributed by atoms with Crippen molar-refractivity contribution < 1.29 is 8.78 Å². The molecule has 23 heavy (non-hydrogen) atoms. The maximum absolute atomic E-state index is 13.0. The van der Waals surface area contributed by atoms with Crippen LogP contribution in [0.4, 0.5) is 8.78 Å². The summed E-state index contributed by atoms with van der Waals surface area (Å²) in [5, 5.41) is 5.01. The molecule has 0 saturated heterocycles. The molecule has 3 aromatic rings. The normalized spacial score (nSPS) is 12.2. The highest BCUT2D eigenvalue weighted by atomic mass is 79.9. The van der Waals surface area contributed by atoms with Crippen LogP contribution in [0.25, 0.3) is 10.9 Å². The molecule has 3 nitrogen and oxygen atoms in total. The van der Waals surface area contributed by atoms with Gasteiger partial charge in [0.15, 0.2) is 0 Å². The van der Waals surface area contributed by atoms with Crippen molar-refractivity contribution in [2.75, 3.05) is 0 Å². The fourth-order valence-electron chi connectivity index (χ4n) is 2.24. The molecule has 118 valence electrons. The van der Waals surface area contributed by atoms with Crippen molar-refractivity contribution in [1.82, 2.24) is 9.78 Å².